The Morgan fingerprint density at radius 2 is 2.22 bits per heavy atom. The maximum Gasteiger partial charge on any atom is 0.271 e. The van der Waals surface area contributed by atoms with Gasteiger partial charge in [-0.15, -0.1) is 0 Å². The van der Waals surface area contributed by atoms with Crippen molar-refractivity contribution >= 4 is 5.91 Å². The molecular formula is C13H24N4O. The minimum atomic E-state index is -0.125. The summed E-state index contributed by atoms with van der Waals surface area (Å²) in [5, 5.41) is 2.93. The highest BCUT2D eigenvalue weighted by Crippen LogP contribution is 2.24. The predicted octanol–water partition coefficient (Wildman–Crippen LogP) is 1.25. The van der Waals surface area contributed by atoms with Crippen molar-refractivity contribution < 1.29 is 4.79 Å². The molecule has 1 heterocycles. The average Bonchev–Trinajstić information content (AvgIpc) is 2.75. The second-order valence-corrected chi connectivity index (χ2v) is 5.61. The normalized spacial score (nSPS) is 11.9. The van der Waals surface area contributed by atoms with Crippen molar-refractivity contribution in [3.63, 3.8) is 0 Å². The third-order valence-electron chi connectivity index (χ3n) is 3.52. The zero-order chi connectivity index (χ0) is 13.8. The van der Waals surface area contributed by atoms with E-state index in [4.69, 9.17) is 5.73 Å². The highest BCUT2D eigenvalue weighted by molar-refractivity contribution is 5.92. The van der Waals surface area contributed by atoms with Gasteiger partial charge < -0.3 is 15.6 Å². The van der Waals surface area contributed by atoms with Gasteiger partial charge in [0.1, 0.15) is 5.69 Å². The largest absolute Gasteiger partial charge is 0.350 e. The average molecular weight is 252 g/mol. The van der Waals surface area contributed by atoms with Gasteiger partial charge in [0.15, 0.2) is 0 Å². The molecule has 0 aliphatic carbocycles. The van der Waals surface area contributed by atoms with Crippen LogP contribution in [-0.4, -0.2) is 28.5 Å². The molecule has 0 fully saturated rings. The number of aromatic nitrogens is 2. The van der Waals surface area contributed by atoms with Gasteiger partial charge in [0, 0.05) is 25.8 Å². The number of carbonyl (C=O) groups is 1. The molecule has 0 spiro atoms. The van der Waals surface area contributed by atoms with E-state index in [9.17, 15) is 4.79 Å². The molecule has 0 atom stereocenters. The van der Waals surface area contributed by atoms with E-state index in [2.05, 4.69) is 38.0 Å². The maximum atomic E-state index is 11.9. The van der Waals surface area contributed by atoms with Crippen LogP contribution in [0, 0.1) is 11.3 Å². The molecule has 0 saturated heterocycles. The first-order valence-corrected chi connectivity index (χ1v) is 6.37. The number of hydrogen-bond acceptors (Lipinski definition) is 3. The standard InChI is InChI=1S/C13H24N4O/c1-10(2)13(3,4)8-15-12(18)11-7-17(6-5-14)9-16-11/h7,9-10H,5-6,8,14H2,1-4H3,(H,15,18). The minimum Gasteiger partial charge on any atom is -0.350 e. The van der Waals surface area contributed by atoms with Gasteiger partial charge in [0.05, 0.1) is 6.33 Å². The van der Waals surface area contributed by atoms with Crippen molar-refractivity contribution in [3.05, 3.63) is 18.2 Å². The molecule has 1 aromatic rings. The van der Waals surface area contributed by atoms with Crippen molar-refractivity contribution in [1.82, 2.24) is 14.9 Å². The lowest BCUT2D eigenvalue weighted by Gasteiger charge is -2.29. The Bertz CT molecular complexity index is 395. The molecule has 3 N–H and O–H groups in total. The maximum absolute atomic E-state index is 11.9. The van der Waals surface area contributed by atoms with Crippen LogP contribution in [0.25, 0.3) is 0 Å². The molecule has 0 aliphatic heterocycles. The van der Waals surface area contributed by atoms with E-state index in [0.29, 0.717) is 31.2 Å². The van der Waals surface area contributed by atoms with Gasteiger partial charge in [-0.3, -0.25) is 4.79 Å². The summed E-state index contributed by atoms with van der Waals surface area (Å²) in [5.74, 6) is 0.382. The van der Waals surface area contributed by atoms with Gasteiger partial charge in [-0.2, -0.15) is 0 Å². The molecule has 102 valence electrons. The van der Waals surface area contributed by atoms with Crippen molar-refractivity contribution in [1.29, 1.82) is 0 Å². The Kier molecular flexibility index (Phi) is 4.90. The second kappa shape index (κ2) is 6.00. The van der Waals surface area contributed by atoms with Crippen LogP contribution in [0.3, 0.4) is 0 Å². The number of nitrogens with zero attached hydrogens (tertiary/aromatic N) is 2. The van der Waals surface area contributed by atoms with Crippen LogP contribution in [0.1, 0.15) is 38.2 Å². The summed E-state index contributed by atoms with van der Waals surface area (Å²) in [5.41, 5.74) is 5.97. The van der Waals surface area contributed by atoms with E-state index in [1.165, 1.54) is 0 Å². The van der Waals surface area contributed by atoms with Crippen LogP contribution in [0.4, 0.5) is 0 Å². The number of nitrogens with one attached hydrogen (secondary N) is 1. The van der Waals surface area contributed by atoms with Gasteiger partial charge in [-0.05, 0) is 11.3 Å². The molecule has 0 aromatic carbocycles. The van der Waals surface area contributed by atoms with Gasteiger partial charge in [0.2, 0.25) is 0 Å². The van der Waals surface area contributed by atoms with E-state index in [1.54, 1.807) is 12.5 Å². The summed E-state index contributed by atoms with van der Waals surface area (Å²) < 4.78 is 1.82. The van der Waals surface area contributed by atoms with Crippen LogP contribution < -0.4 is 11.1 Å². The summed E-state index contributed by atoms with van der Waals surface area (Å²) >= 11 is 0. The summed E-state index contributed by atoms with van der Waals surface area (Å²) in [6, 6.07) is 0. The number of rotatable bonds is 6. The van der Waals surface area contributed by atoms with Crippen LogP contribution in [0.2, 0.25) is 0 Å². The number of imidazole rings is 1. The Morgan fingerprint density at radius 3 is 2.78 bits per heavy atom. The second-order valence-electron chi connectivity index (χ2n) is 5.61. The topological polar surface area (TPSA) is 72.9 Å². The number of nitrogens with two attached hydrogens (primary N) is 1. The molecule has 0 aliphatic rings. The minimum absolute atomic E-state index is 0.0789. The highest BCUT2D eigenvalue weighted by Gasteiger charge is 2.23. The third-order valence-corrected chi connectivity index (χ3v) is 3.52. The van der Waals surface area contributed by atoms with E-state index in [0.717, 1.165) is 0 Å². The number of carbonyl (C=O) groups excluding carboxylic acids is 1. The van der Waals surface area contributed by atoms with Gasteiger partial charge in [-0.1, -0.05) is 27.7 Å². The third kappa shape index (κ3) is 3.84. The van der Waals surface area contributed by atoms with E-state index in [1.807, 2.05) is 4.57 Å². The molecular weight excluding hydrogens is 228 g/mol. The van der Waals surface area contributed by atoms with Crippen molar-refractivity contribution in [2.75, 3.05) is 13.1 Å². The van der Waals surface area contributed by atoms with Crippen LogP contribution in [0.15, 0.2) is 12.5 Å². The first kappa shape index (κ1) is 14.7. The summed E-state index contributed by atoms with van der Waals surface area (Å²) in [6.07, 6.45) is 3.36. The predicted molar refractivity (Wildman–Crippen MR) is 72.2 cm³/mol. The zero-order valence-electron chi connectivity index (χ0n) is 11.7. The van der Waals surface area contributed by atoms with Gasteiger partial charge in [0.25, 0.3) is 5.91 Å². The first-order valence-electron chi connectivity index (χ1n) is 6.37. The molecule has 5 nitrogen and oxygen atoms in total. The molecule has 0 saturated carbocycles. The van der Waals surface area contributed by atoms with E-state index < -0.39 is 0 Å². The van der Waals surface area contributed by atoms with Gasteiger partial charge in [-0.25, -0.2) is 4.98 Å². The SMILES string of the molecule is CC(C)C(C)(C)CNC(=O)c1cn(CCN)cn1. The Hall–Kier alpha value is -1.36. The van der Waals surface area contributed by atoms with Crippen LogP contribution in [-0.2, 0) is 6.54 Å². The fourth-order valence-electron chi connectivity index (χ4n) is 1.35. The zero-order valence-corrected chi connectivity index (χ0v) is 11.7. The molecule has 1 aromatic heterocycles. The van der Waals surface area contributed by atoms with E-state index >= 15 is 0 Å². The van der Waals surface area contributed by atoms with Crippen LogP contribution >= 0.6 is 0 Å². The quantitative estimate of drug-likeness (QED) is 0.800. The first-order chi connectivity index (χ1) is 8.36. The Labute approximate surface area is 109 Å². The summed E-state index contributed by atoms with van der Waals surface area (Å²) in [4.78, 5) is 16.0. The summed E-state index contributed by atoms with van der Waals surface area (Å²) in [7, 11) is 0. The Morgan fingerprint density at radius 1 is 1.56 bits per heavy atom. The van der Waals surface area contributed by atoms with E-state index in [-0.39, 0.29) is 11.3 Å². The molecule has 0 radical (unpaired) electrons. The lowest BCUT2D eigenvalue weighted by Crippen LogP contribution is -2.37. The Balaban J connectivity index is 2.55. The molecule has 18 heavy (non-hydrogen) atoms. The molecule has 0 bridgehead atoms. The van der Waals surface area contributed by atoms with Crippen molar-refractivity contribution in [3.8, 4) is 0 Å². The molecule has 1 rings (SSSR count). The molecule has 0 unspecified atom stereocenters. The van der Waals surface area contributed by atoms with Gasteiger partial charge >= 0.3 is 0 Å². The van der Waals surface area contributed by atoms with Crippen molar-refractivity contribution in [2.24, 2.45) is 17.1 Å². The monoisotopic (exact) mass is 252 g/mol. The lowest BCUT2D eigenvalue weighted by molar-refractivity contribution is 0.0920. The fourth-order valence-corrected chi connectivity index (χ4v) is 1.35. The number of amides is 1. The molecule has 1 amide bonds. The lowest BCUT2D eigenvalue weighted by atomic mass is 9.81. The molecule has 5 heteroatoms. The highest BCUT2D eigenvalue weighted by atomic mass is 16.1. The summed E-state index contributed by atoms with van der Waals surface area (Å²) in [6.45, 7) is 10.5. The fraction of sp³-hybridized carbons (Fsp3) is 0.692. The smallest absolute Gasteiger partial charge is 0.271 e. The van der Waals surface area contributed by atoms with Crippen molar-refractivity contribution in [2.45, 2.75) is 34.2 Å². The van der Waals surface area contributed by atoms with Crippen LogP contribution in [0.5, 0.6) is 0 Å². The number of hydrogen-bond donors (Lipinski definition) is 2.